The molecule has 0 atom stereocenters. The predicted octanol–water partition coefficient (Wildman–Crippen LogP) is 2.99. The third-order valence-corrected chi connectivity index (χ3v) is 5.71. The molecule has 4 rings (SSSR count). The lowest BCUT2D eigenvalue weighted by molar-refractivity contribution is -0.116. The number of halogens is 2. The van der Waals surface area contributed by atoms with Crippen molar-refractivity contribution in [1.82, 2.24) is 14.9 Å². The van der Waals surface area contributed by atoms with Gasteiger partial charge in [-0.3, -0.25) is 23.9 Å². The summed E-state index contributed by atoms with van der Waals surface area (Å²) in [5.41, 5.74) is 0.289. The van der Waals surface area contributed by atoms with Crippen molar-refractivity contribution in [2.45, 2.75) is 13.0 Å². The van der Waals surface area contributed by atoms with Gasteiger partial charge in [-0.05, 0) is 60.0 Å². The Morgan fingerprint density at radius 3 is 2.34 bits per heavy atom. The van der Waals surface area contributed by atoms with Gasteiger partial charge in [0, 0.05) is 25.5 Å². The van der Waals surface area contributed by atoms with Gasteiger partial charge in [0.25, 0.3) is 11.5 Å². The number of hydrogen-bond acceptors (Lipinski definition) is 6. The van der Waals surface area contributed by atoms with Crippen molar-refractivity contribution in [3.05, 3.63) is 99.5 Å². The zero-order valence-electron chi connectivity index (χ0n) is 20.3. The van der Waals surface area contributed by atoms with Crippen LogP contribution in [0.2, 0.25) is 0 Å². The average Bonchev–Trinajstić information content (AvgIpc) is 2.89. The number of methoxy groups -OCH3 is 1. The summed E-state index contributed by atoms with van der Waals surface area (Å²) in [5.74, 6) is -2.96. The first-order valence-corrected chi connectivity index (χ1v) is 11.6. The predicted molar refractivity (Wildman–Crippen MR) is 136 cm³/mol. The quantitative estimate of drug-likeness (QED) is 0.291. The lowest BCUT2D eigenvalue weighted by atomic mass is 10.1. The van der Waals surface area contributed by atoms with E-state index >= 15 is 0 Å². The summed E-state index contributed by atoms with van der Waals surface area (Å²) >= 11 is 0. The zero-order valence-corrected chi connectivity index (χ0v) is 20.3. The van der Waals surface area contributed by atoms with Crippen LogP contribution in [0.15, 0.2) is 65.6 Å². The second kappa shape index (κ2) is 11.6. The number of fused-ring (bicyclic) bond motifs is 1. The molecule has 0 spiro atoms. The van der Waals surface area contributed by atoms with E-state index in [9.17, 15) is 28.3 Å². The minimum Gasteiger partial charge on any atom is -0.505 e. The number of rotatable bonds is 9. The fourth-order valence-corrected chi connectivity index (χ4v) is 3.88. The Morgan fingerprint density at radius 2 is 1.68 bits per heavy atom. The van der Waals surface area contributed by atoms with E-state index in [1.165, 1.54) is 49.7 Å². The number of carbonyl (C=O) groups excluding carboxylic acids is 2. The molecule has 0 aliphatic rings. The number of aromatic hydroxyl groups is 1. The van der Waals surface area contributed by atoms with Crippen LogP contribution in [0, 0.1) is 11.6 Å². The van der Waals surface area contributed by atoms with Crippen LogP contribution in [-0.4, -0.2) is 46.7 Å². The molecule has 0 saturated heterocycles. The van der Waals surface area contributed by atoms with Gasteiger partial charge in [-0.15, -0.1) is 0 Å². The number of ether oxygens (including phenoxy) is 1. The lowest BCUT2D eigenvalue weighted by Crippen LogP contribution is -2.36. The molecule has 0 radical (unpaired) electrons. The first-order chi connectivity index (χ1) is 18.3. The fourth-order valence-electron chi connectivity index (χ4n) is 3.88. The molecule has 4 aromatic rings. The molecule has 2 heterocycles. The van der Waals surface area contributed by atoms with E-state index in [1.54, 1.807) is 18.2 Å². The number of pyridine rings is 2. The van der Waals surface area contributed by atoms with E-state index in [-0.39, 0.29) is 30.0 Å². The van der Waals surface area contributed by atoms with Crippen LogP contribution in [0.25, 0.3) is 11.0 Å². The maximum atomic E-state index is 13.4. The summed E-state index contributed by atoms with van der Waals surface area (Å²) in [6.07, 6.45) is 1.80. The SMILES string of the molecule is COCCNC(=O)c1c(O)c2ncc(Cc3ccc(F)cc3)cc2n(CC(=O)Nc2ccc(F)cc2)c1=O. The van der Waals surface area contributed by atoms with Gasteiger partial charge >= 0.3 is 0 Å². The van der Waals surface area contributed by atoms with Crippen molar-refractivity contribution in [1.29, 1.82) is 0 Å². The normalized spacial score (nSPS) is 10.9. The summed E-state index contributed by atoms with van der Waals surface area (Å²) in [4.78, 5) is 43.3. The molecule has 38 heavy (non-hydrogen) atoms. The second-order valence-corrected chi connectivity index (χ2v) is 8.43. The fraction of sp³-hybridized carbons (Fsp3) is 0.185. The van der Waals surface area contributed by atoms with E-state index < -0.39 is 41.0 Å². The smallest absolute Gasteiger partial charge is 0.268 e. The van der Waals surface area contributed by atoms with Gasteiger partial charge in [0.2, 0.25) is 5.91 Å². The molecule has 0 unspecified atom stereocenters. The molecular formula is C27H24F2N4O5. The third kappa shape index (κ3) is 6.01. The molecule has 0 fully saturated rings. The highest BCUT2D eigenvalue weighted by Crippen LogP contribution is 2.26. The average molecular weight is 523 g/mol. The largest absolute Gasteiger partial charge is 0.505 e. The first kappa shape index (κ1) is 26.4. The molecule has 196 valence electrons. The Bertz CT molecular complexity index is 1540. The summed E-state index contributed by atoms with van der Waals surface area (Å²) in [6, 6.07) is 12.5. The third-order valence-electron chi connectivity index (χ3n) is 5.71. The van der Waals surface area contributed by atoms with Gasteiger partial charge in [0.05, 0.1) is 12.1 Å². The van der Waals surface area contributed by atoms with Gasteiger partial charge in [-0.1, -0.05) is 12.1 Å². The molecule has 2 aromatic carbocycles. The summed E-state index contributed by atoms with van der Waals surface area (Å²) in [6.45, 7) is -0.256. The van der Waals surface area contributed by atoms with E-state index in [4.69, 9.17) is 4.74 Å². The van der Waals surface area contributed by atoms with Crippen molar-refractivity contribution in [2.75, 3.05) is 25.6 Å². The minimum absolute atomic E-state index is 0.0565. The van der Waals surface area contributed by atoms with Crippen molar-refractivity contribution in [3.63, 3.8) is 0 Å². The number of anilines is 1. The minimum atomic E-state index is -0.903. The van der Waals surface area contributed by atoms with Gasteiger partial charge in [-0.25, -0.2) is 8.78 Å². The number of nitrogens with one attached hydrogen (secondary N) is 2. The highest BCUT2D eigenvalue weighted by Gasteiger charge is 2.24. The number of hydrogen-bond donors (Lipinski definition) is 3. The van der Waals surface area contributed by atoms with Crippen LogP contribution in [0.1, 0.15) is 21.5 Å². The number of aromatic nitrogens is 2. The van der Waals surface area contributed by atoms with Gasteiger partial charge in [-0.2, -0.15) is 0 Å². The number of amides is 2. The molecule has 2 aromatic heterocycles. The lowest BCUT2D eigenvalue weighted by Gasteiger charge is -2.15. The summed E-state index contributed by atoms with van der Waals surface area (Å²) in [5, 5.41) is 15.9. The molecule has 2 amide bonds. The highest BCUT2D eigenvalue weighted by molar-refractivity contribution is 6.02. The summed E-state index contributed by atoms with van der Waals surface area (Å²) < 4.78 is 32.5. The van der Waals surface area contributed by atoms with Gasteiger partial charge in [0.15, 0.2) is 5.75 Å². The zero-order chi connectivity index (χ0) is 27.2. The maximum Gasteiger partial charge on any atom is 0.268 e. The van der Waals surface area contributed by atoms with Crippen molar-refractivity contribution >= 4 is 28.5 Å². The molecule has 0 saturated carbocycles. The Balaban J connectivity index is 1.76. The number of nitrogens with zero attached hydrogens (tertiary/aromatic N) is 2. The first-order valence-electron chi connectivity index (χ1n) is 11.6. The van der Waals surface area contributed by atoms with Gasteiger partial charge < -0.3 is 20.5 Å². The standard InChI is InChI=1S/C27H24F2N4O5/c1-38-11-10-30-26(36)23-25(35)24-21(13-17(14-31-24)12-16-2-4-18(28)5-3-16)33(27(23)37)15-22(34)32-20-8-6-19(29)7-9-20/h2-9,13-14,35H,10-12,15H2,1H3,(H,30,36)(H,32,34). The Kier molecular flexibility index (Phi) is 8.07. The summed E-state index contributed by atoms with van der Waals surface area (Å²) in [7, 11) is 1.44. The topological polar surface area (TPSA) is 123 Å². The Labute approximate surface area is 215 Å². The van der Waals surface area contributed by atoms with Crippen LogP contribution in [0.5, 0.6) is 5.75 Å². The van der Waals surface area contributed by atoms with E-state index in [0.717, 1.165) is 10.1 Å². The van der Waals surface area contributed by atoms with E-state index in [2.05, 4.69) is 15.6 Å². The Morgan fingerprint density at radius 1 is 1.03 bits per heavy atom. The van der Waals surface area contributed by atoms with Crippen LogP contribution in [-0.2, 0) is 22.5 Å². The van der Waals surface area contributed by atoms with E-state index in [0.29, 0.717) is 17.7 Å². The Hall–Kier alpha value is -4.64. The van der Waals surface area contributed by atoms with Gasteiger partial charge in [0.1, 0.15) is 29.3 Å². The molecule has 0 aliphatic carbocycles. The van der Waals surface area contributed by atoms with Crippen molar-refractivity contribution in [3.8, 4) is 5.75 Å². The number of benzene rings is 2. The van der Waals surface area contributed by atoms with Crippen LogP contribution in [0.4, 0.5) is 14.5 Å². The molecule has 9 nitrogen and oxygen atoms in total. The van der Waals surface area contributed by atoms with Crippen LogP contribution in [0.3, 0.4) is 0 Å². The van der Waals surface area contributed by atoms with Crippen molar-refractivity contribution in [2.24, 2.45) is 0 Å². The molecular weight excluding hydrogens is 498 g/mol. The molecule has 0 bridgehead atoms. The van der Waals surface area contributed by atoms with E-state index in [1.807, 2.05) is 0 Å². The maximum absolute atomic E-state index is 13.4. The molecule has 3 N–H and O–H groups in total. The molecule has 11 heteroatoms. The molecule has 0 aliphatic heterocycles. The highest BCUT2D eigenvalue weighted by atomic mass is 19.1. The van der Waals surface area contributed by atoms with Crippen molar-refractivity contribution < 1.29 is 28.2 Å². The van der Waals surface area contributed by atoms with Crippen LogP contribution < -0.4 is 16.2 Å². The number of carbonyl (C=O) groups is 2. The monoisotopic (exact) mass is 522 g/mol. The van der Waals surface area contributed by atoms with Crippen LogP contribution >= 0.6 is 0 Å². The second-order valence-electron chi connectivity index (χ2n) is 8.43.